The molecule has 0 saturated heterocycles. The lowest BCUT2D eigenvalue weighted by Gasteiger charge is -2.14. The fraction of sp³-hybridized carbons (Fsp3) is 0.625. The zero-order valence-corrected chi connectivity index (χ0v) is 8.86. The van der Waals surface area contributed by atoms with Gasteiger partial charge in [0.1, 0.15) is 10.5 Å². The molecule has 0 aliphatic carbocycles. The van der Waals surface area contributed by atoms with Crippen LogP contribution in [0, 0.1) is 0 Å². The summed E-state index contributed by atoms with van der Waals surface area (Å²) in [5.41, 5.74) is 0. The van der Waals surface area contributed by atoms with Gasteiger partial charge >= 0.3 is 17.9 Å². The maximum atomic E-state index is 10.6. The Balaban J connectivity index is 4.45. The smallest absolute Gasteiger partial charge is 0.317 e. The second-order valence-electron chi connectivity index (χ2n) is 2.80. The fourth-order valence-electron chi connectivity index (χ4n) is 0.880. The highest BCUT2D eigenvalue weighted by molar-refractivity contribution is 8.01. The predicted molar refractivity (Wildman–Crippen MR) is 53.0 cm³/mol. The first-order chi connectivity index (χ1) is 6.88. The van der Waals surface area contributed by atoms with Crippen LogP contribution in [-0.4, -0.2) is 43.7 Å². The minimum atomic E-state index is -1.30. The van der Waals surface area contributed by atoms with Crippen molar-refractivity contribution in [2.24, 2.45) is 0 Å². The van der Waals surface area contributed by atoms with Gasteiger partial charge in [0, 0.05) is 0 Å². The molecule has 0 unspecified atom stereocenters. The Hall–Kier alpha value is -1.24. The van der Waals surface area contributed by atoms with E-state index < -0.39 is 34.8 Å². The van der Waals surface area contributed by atoms with Crippen LogP contribution in [0.5, 0.6) is 0 Å². The molecule has 0 radical (unpaired) electrons. The number of rotatable bonds is 7. The summed E-state index contributed by atoms with van der Waals surface area (Å²) < 4.78 is 0. The lowest BCUT2D eigenvalue weighted by atomic mass is 10.3. The Labute approximate surface area is 90.3 Å². The molecule has 0 bridgehead atoms. The highest BCUT2D eigenvalue weighted by atomic mass is 32.2. The van der Waals surface area contributed by atoms with E-state index in [4.69, 9.17) is 15.3 Å². The molecule has 0 saturated carbocycles. The van der Waals surface area contributed by atoms with E-state index in [1.54, 1.807) is 6.92 Å². The molecule has 0 aliphatic heterocycles. The Morgan fingerprint density at radius 1 is 1.07 bits per heavy atom. The number of hydrogen-bond donors (Lipinski definition) is 3. The van der Waals surface area contributed by atoms with Crippen LogP contribution in [0.25, 0.3) is 0 Å². The van der Waals surface area contributed by atoms with Gasteiger partial charge in [0.15, 0.2) is 0 Å². The van der Waals surface area contributed by atoms with Crippen molar-refractivity contribution in [1.29, 1.82) is 0 Å². The molecule has 0 aromatic rings. The number of carboxylic acids is 3. The van der Waals surface area contributed by atoms with E-state index in [0.29, 0.717) is 11.8 Å². The normalized spacial score (nSPS) is 14.2. The predicted octanol–water partition coefficient (Wildman–Crippen LogP) is 0.511. The monoisotopic (exact) mass is 236 g/mol. The van der Waals surface area contributed by atoms with E-state index in [0.717, 1.165) is 0 Å². The topological polar surface area (TPSA) is 112 Å². The molecule has 3 N–H and O–H groups in total. The highest BCUT2D eigenvalue weighted by Crippen LogP contribution is 2.23. The van der Waals surface area contributed by atoms with E-state index in [2.05, 4.69) is 0 Å². The van der Waals surface area contributed by atoms with Gasteiger partial charge in [-0.3, -0.25) is 14.4 Å². The maximum absolute atomic E-state index is 10.6. The van der Waals surface area contributed by atoms with Gasteiger partial charge in [-0.15, -0.1) is 11.8 Å². The lowest BCUT2D eigenvalue weighted by molar-refractivity contribution is -0.143. The summed E-state index contributed by atoms with van der Waals surface area (Å²) in [7, 11) is 0. The van der Waals surface area contributed by atoms with Crippen LogP contribution in [0.4, 0.5) is 0 Å². The molecule has 0 aromatic carbocycles. The molecule has 0 rings (SSSR count). The molecule has 0 aromatic heterocycles. The number of aliphatic carboxylic acids is 3. The van der Waals surface area contributed by atoms with Crippen LogP contribution in [0.3, 0.4) is 0 Å². The van der Waals surface area contributed by atoms with Crippen molar-refractivity contribution in [3.63, 3.8) is 0 Å². The molecule has 7 heteroatoms. The number of carbonyl (C=O) groups is 3. The maximum Gasteiger partial charge on any atom is 0.317 e. The standard InChI is InChI=1S/C8H12O6S/c1-2-4(7(11)12)15-5(8(13)14)3-6(9)10/h4-5H,2-3H2,1H3,(H,9,10)(H,11,12)(H,13,14)/t4-,5-/m0/s1. The molecule has 0 heterocycles. The Morgan fingerprint density at radius 2 is 1.53 bits per heavy atom. The fourth-order valence-corrected chi connectivity index (χ4v) is 1.94. The summed E-state index contributed by atoms with van der Waals surface area (Å²) in [5.74, 6) is -3.68. The molecular weight excluding hydrogens is 224 g/mol. The third kappa shape index (κ3) is 5.26. The molecule has 2 atom stereocenters. The van der Waals surface area contributed by atoms with Crippen LogP contribution in [0.2, 0.25) is 0 Å². The van der Waals surface area contributed by atoms with Gasteiger partial charge in [0.05, 0.1) is 6.42 Å². The van der Waals surface area contributed by atoms with E-state index >= 15 is 0 Å². The van der Waals surface area contributed by atoms with Crippen molar-refractivity contribution in [1.82, 2.24) is 0 Å². The summed E-state index contributed by atoms with van der Waals surface area (Å²) in [4.78, 5) is 31.6. The van der Waals surface area contributed by atoms with E-state index in [-0.39, 0.29) is 6.42 Å². The average Bonchev–Trinajstić information content (AvgIpc) is 2.10. The summed E-state index contributed by atoms with van der Waals surface area (Å²) >= 11 is 0.654. The van der Waals surface area contributed by atoms with E-state index in [9.17, 15) is 14.4 Å². The Morgan fingerprint density at radius 3 is 1.80 bits per heavy atom. The number of carboxylic acid groups (broad SMARTS) is 3. The lowest BCUT2D eigenvalue weighted by Crippen LogP contribution is -2.26. The largest absolute Gasteiger partial charge is 0.481 e. The first kappa shape index (κ1) is 13.8. The van der Waals surface area contributed by atoms with Gasteiger partial charge in [-0.1, -0.05) is 6.92 Å². The molecular formula is C8H12O6S. The van der Waals surface area contributed by atoms with Gasteiger partial charge in [-0.25, -0.2) is 0 Å². The molecule has 6 nitrogen and oxygen atoms in total. The zero-order valence-electron chi connectivity index (χ0n) is 8.04. The van der Waals surface area contributed by atoms with Gasteiger partial charge in [0.2, 0.25) is 0 Å². The van der Waals surface area contributed by atoms with Crippen LogP contribution in [0.1, 0.15) is 19.8 Å². The minimum Gasteiger partial charge on any atom is -0.481 e. The number of hydrogen-bond acceptors (Lipinski definition) is 4. The second-order valence-corrected chi connectivity index (χ2v) is 4.21. The third-order valence-electron chi connectivity index (χ3n) is 1.61. The van der Waals surface area contributed by atoms with E-state index in [1.807, 2.05) is 0 Å². The average molecular weight is 236 g/mol. The Bertz CT molecular complexity index is 264. The first-order valence-electron chi connectivity index (χ1n) is 4.21. The highest BCUT2D eigenvalue weighted by Gasteiger charge is 2.28. The quantitative estimate of drug-likeness (QED) is 0.590. The molecule has 0 fully saturated rings. The third-order valence-corrected chi connectivity index (χ3v) is 3.17. The van der Waals surface area contributed by atoms with Crippen molar-refractivity contribution < 1.29 is 29.7 Å². The summed E-state index contributed by atoms with van der Waals surface area (Å²) in [6, 6.07) is 0. The van der Waals surface area contributed by atoms with Crippen molar-refractivity contribution in [3.8, 4) is 0 Å². The SMILES string of the molecule is CC[C@H](S[C@@H](CC(=O)O)C(=O)O)C(=O)O. The van der Waals surface area contributed by atoms with Crippen molar-refractivity contribution >= 4 is 29.7 Å². The summed E-state index contributed by atoms with van der Waals surface area (Å²) in [5, 5.41) is 23.7. The first-order valence-corrected chi connectivity index (χ1v) is 5.15. The zero-order chi connectivity index (χ0) is 12.0. The van der Waals surface area contributed by atoms with Gasteiger partial charge in [-0.05, 0) is 6.42 Å². The van der Waals surface area contributed by atoms with Crippen LogP contribution in [0.15, 0.2) is 0 Å². The minimum absolute atomic E-state index is 0.253. The molecule has 0 spiro atoms. The van der Waals surface area contributed by atoms with Gasteiger partial charge in [-0.2, -0.15) is 0 Å². The van der Waals surface area contributed by atoms with Crippen LogP contribution < -0.4 is 0 Å². The van der Waals surface area contributed by atoms with Gasteiger partial charge in [0.25, 0.3) is 0 Å². The van der Waals surface area contributed by atoms with Crippen molar-refractivity contribution in [2.45, 2.75) is 30.3 Å². The van der Waals surface area contributed by atoms with Crippen molar-refractivity contribution in [2.75, 3.05) is 0 Å². The summed E-state index contributed by atoms with van der Waals surface area (Å²) in [6.45, 7) is 1.60. The Kier molecular flexibility index (Phi) is 5.76. The van der Waals surface area contributed by atoms with E-state index in [1.165, 1.54) is 0 Å². The number of thioether (sulfide) groups is 1. The molecule has 0 aliphatic rings. The van der Waals surface area contributed by atoms with Crippen LogP contribution in [-0.2, 0) is 14.4 Å². The molecule has 86 valence electrons. The molecule has 15 heavy (non-hydrogen) atoms. The second kappa shape index (κ2) is 6.28. The van der Waals surface area contributed by atoms with Crippen LogP contribution >= 0.6 is 11.8 Å². The molecule has 0 amide bonds. The summed E-state index contributed by atoms with van der Waals surface area (Å²) in [6.07, 6.45) is -0.326. The van der Waals surface area contributed by atoms with Crippen molar-refractivity contribution in [3.05, 3.63) is 0 Å². The van der Waals surface area contributed by atoms with Gasteiger partial charge < -0.3 is 15.3 Å².